The topological polar surface area (TPSA) is 86.2 Å². The average Bonchev–Trinajstić information content (AvgIpc) is 2.31. The highest BCUT2D eigenvalue weighted by Gasteiger charge is 2.26. The van der Waals surface area contributed by atoms with E-state index in [9.17, 15) is 8.42 Å². The zero-order valence-electron chi connectivity index (χ0n) is 6.28. The van der Waals surface area contributed by atoms with Crippen molar-refractivity contribution in [2.45, 2.75) is 12.2 Å². The van der Waals surface area contributed by atoms with Crippen molar-refractivity contribution in [3.8, 4) is 0 Å². The van der Waals surface area contributed by atoms with Crippen molar-refractivity contribution in [2.75, 3.05) is 11.5 Å². The molecule has 0 atom stereocenters. The Labute approximate surface area is 69.5 Å². The van der Waals surface area contributed by atoms with Gasteiger partial charge in [-0.3, -0.25) is 0 Å². The third-order valence-corrected chi connectivity index (χ3v) is 3.46. The number of rotatable bonds is 0. The van der Waals surface area contributed by atoms with E-state index in [4.69, 9.17) is 10.3 Å². The SMILES string of the molecule is Nc1noc2c1CS(=O)(=O)CC2. The monoisotopic (exact) mass is 188 g/mol. The molecule has 0 aliphatic carbocycles. The lowest BCUT2D eigenvalue weighted by atomic mass is 10.2. The molecular weight excluding hydrogens is 180 g/mol. The number of hydrogen-bond donors (Lipinski definition) is 1. The van der Waals surface area contributed by atoms with E-state index in [1.165, 1.54) is 0 Å². The first-order chi connectivity index (χ1) is 5.58. The molecule has 2 heterocycles. The fraction of sp³-hybridized carbons (Fsp3) is 0.500. The lowest BCUT2D eigenvalue weighted by Gasteiger charge is -2.08. The smallest absolute Gasteiger partial charge is 0.171 e. The van der Waals surface area contributed by atoms with Crippen molar-refractivity contribution in [2.24, 2.45) is 0 Å². The number of aryl methyl sites for hydroxylation is 1. The van der Waals surface area contributed by atoms with E-state index in [1.54, 1.807) is 0 Å². The average molecular weight is 188 g/mol. The summed E-state index contributed by atoms with van der Waals surface area (Å²) in [7, 11) is -2.97. The summed E-state index contributed by atoms with van der Waals surface area (Å²) in [6.07, 6.45) is 0.391. The minimum Gasteiger partial charge on any atom is -0.381 e. The van der Waals surface area contributed by atoms with Gasteiger partial charge in [-0.15, -0.1) is 0 Å². The fourth-order valence-electron chi connectivity index (χ4n) is 1.25. The Balaban J connectivity index is 2.52. The molecule has 12 heavy (non-hydrogen) atoms. The van der Waals surface area contributed by atoms with Crippen LogP contribution in [0.3, 0.4) is 0 Å². The summed E-state index contributed by atoms with van der Waals surface area (Å²) in [6.45, 7) is 0. The van der Waals surface area contributed by atoms with E-state index in [2.05, 4.69) is 5.16 Å². The van der Waals surface area contributed by atoms with Gasteiger partial charge in [0, 0.05) is 6.42 Å². The predicted octanol–water partition coefficient (Wildman–Crippen LogP) is -0.272. The zero-order chi connectivity index (χ0) is 8.77. The number of fused-ring (bicyclic) bond motifs is 1. The van der Waals surface area contributed by atoms with Gasteiger partial charge in [0.05, 0.1) is 17.1 Å². The van der Waals surface area contributed by atoms with Gasteiger partial charge in [0.2, 0.25) is 0 Å². The molecule has 0 saturated carbocycles. The van der Waals surface area contributed by atoms with E-state index < -0.39 is 9.84 Å². The first-order valence-corrected chi connectivity index (χ1v) is 5.34. The van der Waals surface area contributed by atoms with Gasteiger partial charge in [-0.25, -0.2) is 8.42 Å². The third-order valence-electron chi connectivity index (χ3n) is 1.90. The molecule has 0 unspecified atom stereocenters. The Morgan fingerprint density at radius 1 is 1.50 bits per heavy atom. The number of anilines is 1. The van der Waals surface area contributed by atoms with E-state index in [1.807, 2.05) is 0 Å². The lowest BCUT2D eigenvalue weighted by molar-refractivity contribution is 0.387. The van der Waals surface area contributed by atoms with Crippen LogP contribution >= 0.6 is 0 Å². The molecule has 1 aromatic rings. The van der Waals surface area contributed by atoms with Crippen LogP contribution in [0.1, 0.15) is 11.3 Å². The van der Waals surface area contributed by atoms with Crippen LogP contribution in [0.5, 0.6) is 0 Å². The van der Waals surface area contributed by atoms with E-state index in [0.717, 1.165) is 0 Å². The third kappa shape index (κ3) is 1.08. The molecular formula is C6H8N2O3S. The second-order valence-electron chi connectivity index (χ2n) is 2.81. The highest BCUT2D eigenvalue weighted by Crippen LogP contribution is 2.24. The fourth-order valence-corrected chi connectivity index (χ4v) is 2.64. The van der Waals surface area contributed by atoms with E-state index >= 15 is 0 Å². The van der Waals surface area contributed by atoms with Gasteiger partial charge in [-0.1, -0.05) is 5.16 Å². The quantitative estimate of drug-likeness (QED) is 0.605. The van der Waals surface area contributed by atoms with Crippen molar-refractivity contribution in [1.29, 1.82) is 0 Å². The molecule has 0 aromatic carbocycles. The Kier molecular flexibility index (Phi) is 1.41. The number of sulfone groups is 1. The number of nitrogen functional groups attached to an aromatic ring is 1. The van der Waals surface area contributed by atoms with Crippen LogP contribution in [0.4, 0.5) is 5.82 Å². The van der Waals surface area contributed by atoms with Crippen molar-refractivity contribution < 1.29 is 12.9 Å². The lowest BCUT2D eigenvalue weighted by Crippen LogP contribution is -2.18. The molecule has 0 saturated heterocycles. The first kappa shape index (κ1) is 7.60. The van der Waals surface area contributed by atoms with Gasteiger partial charge in [0.25, 0.3) is 0 Å². The maximum atomic E-state index is 11.1. The molecule has 0 fully saturated rings. The highest BCUT2D eigenvalue weighted by atomic mass is 32.2. The van der Waals surface area contributed by atoms with Gasteiger partial charge in [-0.05, 0) is 0 Å². The van der Waals surface area contributed by atoms with E-state index in [0.29, 0.717) is 17.7 Å². The molecule has 1 aliphatic heterocycles. The maximum Gasteiger partial charge on any atom is 0.171 e. The number of nitrogens with zero attached hydrogens (tertiary/aromatic N) is 1. The number of hydrogen-bond acceptors (Lipinski definition) is 5. The Bertz CT molecular complexity index is 406. The minimum atomic E-state index is -2.97. The molecule has 6 heteroatoms. The summed E-state index contributed by atoms with van der Waals surface area (Å²) in [5, 5.41) is 3.50. The second kappa shape index (κ2) is 2.22. The summed E-state index contributed by atoms with van der Waals surface area (Å²) in [6, 6.07) is 0. The second-order valence-corrected chi connectivity index (χ2v) is 5.00. The van der Waals surface area contributed by atoms with E-state index in [-0.39, 0.29) is 17.3 Å². The predicted molar refractivity (Wildman–Crippen MR) is 42.1 cm³/mol. The summed E-state index contributed by atoms with van der Waals surface area (Å²) in [5.41, 5.74) is 5.96. The Hall–Kier alpha value is -1.04. The molecule has 5 nitrogen and oxygen atoms in total. The van der Waals surface area contributed by atoms with Gasteiger partial charge >= 0.3 is 0 Å². The van der Waals surface area contributed by atoms with Crippen LogP contribution in [0, 0.1) is 0 Å². The van der Waals surface area contributed by atoms with Gasteiger partial charge in [0.15, 0.2) is 15.7 Å². The van der Waals surface area contributed by atoms with Gasteiger partial charge < -0.3 is 10.3 Å². The van der Waals surface area contributed by atoms with Crippen molar-refractivity contribution in [3.05, 3.63) is 11.3 Å². The molecule has 66 valence electrons. The standard InChI is InChI=1S/C6H8N2O3S/c7-6-4-3-12(9,10)2-1-5(4)11-8-6/h1-3H2,(H2,7,8). The summed E-state index contributed by atoms with van der Waals surface area (Å²) < 4.78 is 27.1. The van der Waals surface area contributed by atoms with Crippen molar-refractivity contribution >= 4 is 15.7 Å². The minimum absolute atomic E-state index is 0.0301. The van der Waals surface area contributed by atoms with Gasteiger partial charge in [0.1, 0.15) is 5.76 Å². The maximum absolute atomic E-state index is 11.1. The van der Waals surface area contributed by atoms with Crippen LogP contribution in [0.15, 0.2) is 4.52 Å². The van der Waals surface area contributed by atoms with Crippen LogP contribution in [-0.4, -0.2) is 19.3 Å². The van der Waals surface area contributed by atoms with Gasteiger partial charge in [-0.2, -0.15) is 0 Å². The summed E-state index contributed by atoms with van der Waals surface area (Å²) >= 11 is 0. The first-order valence-electron chi connectivity index (χ1n) is 3.52. The molecule has 1 aliphatic rings. The molecule has 2 rings (SSSR count). The molecule has 0 spiro atoms. The molecule has 2 N–H and O–H groups in total. The number of aromatic nitrogens is 1. The Morgan fingerprint density at radius 2 is 2.25 bits per heavy atom. The largest absolute Gasteiger partial charge is 0.381 e. The van der Waals surface area contributed by atoms with Crippen LogP contribution < -0.4 is 5.73 Å². The molecule has 0 radical (unpaired) electrons. The van der Waals surface area contributed by atoms with Crippen molar-refractivity contribution in [1.82, 2.24) is 5.16 Å². The molecule has 0 amide bonds. The van der Waals surface area contributed by atoms with Crippen LogP contribution in [-0.2, 0) is 22.0 Å². The summed E-state index contributed by atoms with van der Waals surface area (Å²) in [4.78, 5) is 0. The number of nitrogens with two attached hydrogens (primary N) is 1. The van der Waals surface area contributed by atoms with Crippen LogP contribution in [0.2, 0.25) is 0 Å². The molecule has 0 bridgehead atoms. The van der Waals surface area contributed by atoms with Crippen molar-refractivity contribution in [3.63, 3.8) is 0 Å². The Morgan fingerprint density at radius 3 is 3.00 bits per heavy atom. The normalized spacial score (nSPS) is 20.3. The zero-order valence-corrected chi connectivity index (χ0v) is 7.10. The summed E-state index contributed by atoms with van der Waals surface area (Å²) in [5.74, 6) is 0.919. The molecule has 1 aromatic heterocycles. The highest BCUT2D eigenvalue weighted by molar-refractivity contribution is 7.90. The van der Waals surface area contributed by atoms with Crippen LogP contribution in [0.25, 0.3) is 0 Å².